The molecular weight excluding hydrogens is 286 g/mol. The number of carbonyl (C=O) groups is 1. The molecule has 0 radical (unpaired) electrons. The molecule has 21 heavy (non-hydrogen) atoms. The number of amides is 1. The van der Waals surface area contributed by atoms with Crippen LogP contribution in [0, 0.1) is 11.8 Å². The largest absolute Gasteiger partial charge is 0.395 e. The second-order valence-electron chi connectivity index (χ2n) is 4.69. The van der Waals surface area contributed by atoms with E-state index < -0.39 is 0 Å². The van der Waals surface area contributed by atoms with Crippen LogP contribution < -0.4 is 0 Å². The molecule has 0 aliphatic heterocycles. The first-order valence-corrected chi connectivity index (χ1v) is 8.04. The first kappa shape index (κ1) is 17.7. The molecule has 0 saturated carbocycles. The van der Waals surface area contributed by atoms with Gasteiger partial charge in [0.05, 0.1) is 26.2 Å². The second-order valence-corrected chi connectivity index (χ2v) is 5.69. The summed E-state index contributed by atoms with van der Waals surface area (Å²) in [7, 11) is 1.80. The molecule has 1 heterocycles. The van der Waals surface area contributed by atoms with E-state index in [1.54, 1.807) is 23.3 Å². The van der Waals surface area contributed by atoms with Gasteiger partial charge in [-0.25, -0.2) is 0 Å². The maximum atomic E-state index is 11.9. The van der Waals surface area contributed by atoms with E-state index in [9.17, 15) is 4.79 Å². The van der Waals surface area contributed by atoms with E-state index in [-0.39, 0.29) is 12.5 Å². The van der Waals surface area contributed by atoms with Crippen LogP contribution in [0.2, 0.25) is 0 Å². The minimum atomic E-state index is 0.0847. The van der Waals surface area contributed by atoms with Crippen molar-refractivity contribution >= 4 is 17.2 Å². The van der Waals surface area contributed by atoms with Crippen molar-refractivity contribution in [3.63, 3.8) is 0 Å². The van der Waals surface area contributed by atoms with Gasteiger partial charge >= 0.3 is 0 Å². The van der Waals surface area contributed by atoms with E-state index in [2.05, 4.69) is 11.8 Å². The van der Waals surface area contributed by atoms with E-state index in [4.69, 9.17) is 9.84 Å². The van der Waals surface area contributed by atoms with E-state index in [0.29, 0.717) is 32.6 Å². The van der Waals surface area contributed by atoms with Crippen molar-refractivity contribution in [2.75, 3.05) is 26.9 Å². The Bertz CT molecular complexity index is 487. The number of hydrogen-bond acceptors (Lipinski definition) is 4. The number of thiophene rings is 1. The van der Waals surface area contributed by atoms with Crippen molar-refractivity contribution < 1.29 is 14.6 Å². The van der Waals surface area contributed by atoms with Crippen molar-refractivity contribution in [3.8, 4) is 11.8 Å². The fourth-order valence-corrected chi connectivity index (χ4v) is 2.54. The highest BCUT2D eigenvalue weighted by Gasteiger charge is 2.10. The fraction of sp³-hybridized carbons (Fsp3) is 0.562. The van der Waals surface area contributed by atoms with Gasteiger partial charge in [0.25, 0.3) is 0 Å². The van der Waals surface area contributed by atoms with Gasteiger partial charge in [-0.2, -0.15) is 0 Å². The van der Waals surface area contributed by atoms with Gasteiger partial charge in [-0.15, -0.1) is 11.3 Å². The quantitative estimate of drug-likeness (QED) is 0.592. The second kappa shape index (κ2) is 10.4. The Morgan fingerprint density at radius 3 is 3.00 bits per heavy atom. The van der Waals surface area contributed by atoms with Crippen molar-refractivity contribution in [1.29, 1.82) is 0 Å². The van der Waals surface area contributed by atoms with Gasteiger partial charge in [0, 0.05) is 35.9 Å². The summed E-state index contributed by atoms with van der Waals surface area (Å²) in [5.74, 6) is 5.97. The molecule has 1 rings (SSSR count). The molecule has 1 N–H and O–H groups in total. The third-order valence-electron chi connectivity index (χ3n) is 2.75. The average Bonchev–Trinajstić information content (AvgIpc) is 2.91. The fourth-order valence-electron chi connectivity index (χ4n) is 1.67. The number of aliphatic hydroxyl groups excluding tert-OH is 1. The third kappa shape index (κ3) is 7.28. The van der Waals surface area contributed by atoms with Gasteiger partial charge in [-0.3, -0.25) is 4.79 Å². The van der Waals surface area contributed by atoms with E-state index in [0.717, 1.165) is 16.9 Å². The number of aliphatic hydroxyl groups is 1. The molecule has 1 aromatic heterocycles. The Morgan fingerprint density at radius 1 is 1.48 bits per heavy atom. The van der Waals surface area contributed by atoms with Gasteiger partial charge in [-0.05, 0) is 12.5 Å². The summed E-state index contributed by atoms with van der Waals surface area (Å²) in [5.41, 5.74) is 0.940. The Kier molecular flexibility index (Phi) is 8.76. The van der Waals surface area contributed by atoms with Crippen molar-refractivity contribution in [2.45, 2.75) is 32.7 Å². The summed E-state index contributed by atoms with van der Waals surface area (Å²) in [5, 5.41) is 10.7. The number of ether oxygens (including phenoxy) is 1. The monoisotopic (exact) mass is 309 g/mol. The van der Waals surface area contributed by atoms with Crippen LogP contribution in [0.1, 0.15) is 36.6 Å². The Hall–Kier alpha value is -1.35. The minimum Gasteiger partial charge on any atom is -0.395 e. The number of hydrogen-bond donors (Lipinski definition) is 1. The SMILES string of the molecule is CCCOCCC(=O)N(C)Cc1cc(C#CCCO)cs1. The normalized spacial score (nSPS) is 10.0. The Morgan fingerprint density at radius 2 is 2.29 bits per heavy atom. The van der Waals surface area contributed by atoms with Crippen LogP contribution in [-0.4, -0.2) is 42.8 Å². The van der Waals surface area contributed by atoms with Crippen molar-refractivity contribution in [2.24, 2.45) is 0 Å². The zero-order chi connectivity index (χ0) is 15.5. The molecule has 1 aromatic rings. The molecule has 0 atom stereocenters. The molecule has 1 amide bonds. The Balaban J connectivity index is 2.38. The summed E-state index contributed by atoms with van der Waals surface area (Å²) in [6.07, 6.45) is 1.88. The van der Waals surface area contributed by atoms with Crippen LogP contribution >= 0.6 is 11.3 Å². The first-order chi connectivity index (χ1) is 10.2. The lowest BCUT2D eigenvalue weighted by atomic mass is 10.3. The van der Waals surface area contributed by atoms with Gasteiger partial charge in [0.15, 0.2) is 0 Å². The molecule has 0 bridgehead atoms. The maximum Gasteiger partial charge on any atom is 0.224 e. The van der Waals surface area contributed by atoms with Crippen LogP contribution in [0.5, 0.6) is 0 Å². The highest BCUT2D eigenvalue weighted by Crippen LogP contribution is 2.16. The van der Waals surface area contributed by atoms with Crippen molar-refractivity contribution in [1.82, 2.24) is 4.90 Å². The van der Waals surface area contributed by atoms with Gasteiger partial charge in [-0.1, -0.05) is 18.8 Å². The maximum absolute atomic E-state index is 11.9. The minimum absolute atomic E-state index is 0.0847. The molecule has 116 valence electrons. The van der Waals surface area contributed by atoms with Crippen LogP contribution in [0.3, 0.4) is 0 Å². The van der Waals surface area contributed by atoms with Gasteiger partial charge < -0.3 is 14.7 Å². The smallest absolute Gasteiger partial charge is 0.224 e. The zero-order valence-electron chi connectivity index (χ0n) is 12.7. The molecule has 0 unspecified atom stereocenters. The summed E-state index contributed by atoms with van der Waals surface area (Å²) in [6, 6.07) is 1.99. The standard InChI is InChI=1S/C16H23NO3S/c1-3-9-20-10-7-16(19)17(2)12-15-11-14(13-21-15)6-4-5-8-18/h11,13,18H,3,5,7-10,12H2,1-2H3. The van der Waals surface area contributed by atoms with Crippen LogP contribution in [0.15, 0.2) is 11.4 Å². The predicted molar refractivity (Wildman–Crippen MR) is 85.1 cm³/mol. The number of carbonyl (C=O) groups excluding carboxylic acids is 1. The first-order valence-electron chi connectivity index (χ1n) is 7.16. The summed E-state index contributed by atoms with van der Waals surface area (Å²) < 4.78 is 5.33. The molecule has 0 fully saturated rings. The lowest BCUT2D eigenvalue weighted by Crippen LogP contribution is -2.26. The predicted octanol–water partition coefficient (Wildman–Crippen LogP) is 2.26. The molecule has 4 nitrogen and oxygen atoms in total. The molecule has 0 aliphatic rings. The van der Waals surface area contributed by atoms with E-state index >= 15 is 0 Å². The lowest BCUT2D eigenvalue weighted by molar-refractivity contribution is -0.131. The summed E-state index contributed by atoms with van der Waals surface area (Å²) in [4.78, 5) is 14.7. The summed E-state index contributed by atoms with van der Waals surface area (Å²) >= 11 is 1.60. The topological polar surface area (TPSA) is 49.8 Å². The van der Waals surface area contributed by atoms with E-state index in [1.807, 2.05) is 18.4 Å². The molecule has 5 heteroatoms. The van der Waals surface area contributed by atoms with Crippen molar-refractivity contribution in [3.05, 3.63) is 21.9 Å². The van der Waals surface area contributed by atoms with Gasteiger partial charge in [0.2, 0.25) is 5.91 Å². The Labute approximate surface area is 130 Å². The van der Waals surface area contributed by atoms with Gasteiger partial charge in [0.1, 0.15) is 0 Å². The van der Waals surface area contributed by atoms with Crippen LogP contribution in [-0.2, 0) is 16.1 Å². The third-order valence-corrected chi connectivity index (χ3v) is 3.67. The highest BCUT2D eigenvalue weighted by atomic mass is 32.1. The molecule has 0 aliphatic carbocycles. The van der Waals surface area contributed by atoms with Crippen LogP contribution in [0.4, 0.5) is 0 Å². The molecule has 0 spiro atoms. The highest BCUT2D eigenvalue weighted by molar-refractivity contribution is 7.10. The molecule has 0 saturated heterocycles. The van der Waals surface area contributed by atoms with E-state index in [1.165, 1.54) is 0 Å². The zero-order valence-corrected chi connectivity index (χ0v) is 13.5. The number of nitrogens with zero attached hydrogens (tertiary/aromatic N) is 1. The van der Waals surface area contributed by atoms with Crippen LogP contribution in [0.25, 0.3) is 0 Å². The lowest BCUT2D eigenvalue weighted by Gasteiger charge is -2.16. The average molecular weight is 309 g/mol. The number of rotatable bonds is 8. The molecule has 0 aromatic carbocycles. The molecular formula is C16H23NO3S. The summed E-state index contributed by atoms with van der Waals surface area (Å²) in [6.45, 7) is 3.92.